The molecule has 2 unspecified atom stereocenters. The summed E-state index contributed by atoms with van der Waals surface area (Å²) >= 11 is 0. The van der Waals surface area contributed by atoms with Gasteiger partial charge in [-0.05, 0) is 42.4 Å². The molecule has 26 heavy (non-hydrogen) atoms. The van der Waals surface area contributed by atoms with Crippen LogP contribution in [0.3, 0.4) is 0 Å². The molecule has 0 fully saturated rings. The van der Waals surface area contributed by atoms with Crippen LogP contribution in [0.1, 0.15) is 43.9 Å². The minimum Gasteiger partial charge on any atom is -0.467 e. The van der Waals surface area contributed by atoms with Gasteiger partial charge in [-0.15, -0.1) is 0 Å². The molecule has 0 saturated carbocycles. The Kier molecular flexibility index (Phi) is 8.09. The molecule has 142 valence electrons. The Bertz CT molecular complexity index is 704. The van der Waals surface area contributed by atoms with E-state index in [4.69, 9.17) is 9.47 Å². The van der Waals surface area contributed by atoms with E-state index in [-0.39, 0.29) is 11.9 Å². The molecule has 1 N–H and O–H groups in total. The lowest BCUT2D eigenvalue weighted by Gasteiger charge is -2.32. The van der Waals surface area contributed by atoms with Gasteiger partial charge >= 0.3 is 0 Å². The van der Waals surface area contributed by atoms with Crippen LogP contribution in [0.2, 0.25) is 0 Å². The first-order valence-corrected chi connectivity index (χ1v) is 10.3. The van der Waals surface area contributed by atoms with Gasteiger partial charge < -0.3 is 14.8 Å². The van der Waals surface area contributed by atoms with Gasteiger partial charge in [-0.3, -0.25) is 0 Å². The number of para-hydroxylation sites is 1. The zero-order chi connectivity index (χ0) is 19.0. The molecular weight excluding hydrogens is 341 g/mol. The third-order valence-electron chi connectivity index (χ3n) is 4.85. The van der Waals surface area contributed by atoms with Crippen molar-refractivity contribution in [2.24, 2.45) is 0 Å². The van der Waals surface area contributed by atoms with Crippen LogP contribution in [0.15, 0.2) is 42.5 Å². The minimum atomic E-state index is 0.0252. The topological polar surface area (TPSA) is 30.5 Å². The zero-order valence-corrected chi connectivity index (χ0v) is 17.7. The largest absolute Gasteiger partial charge is 0.467 e. The first kappa shape index (κ1) is 20.9. The molecule has 0 spiro atoms. The molecule has 0 bridgehead atoms. The van der Waals surface area contributed by atoms with Crippen molar-refractivity contribution < 1.29 is 9.47 Å². The van der Waals surface area contributed by atoms with Crippen LogP contribution in [0.5, 0.6) is 5.75 Å². The number of rotatable bonds is 10. The molecule has 2 rings (SSSR count). The van der Waals surface area contributed by atoms with Crippen molar-refractivity contribution in [2.75, 3.05) is 20.4 Å². The van der Waals surface area contributed by atoms with E-state index in [2.05, 4.69) is 63.3 Å². The number of methoxy groups -OCH3 is 1. The Hall–Kier alpha value is -1.41. The summed E-state index contributed by atoms with van der Waals surface area (Å²) in [5, 5.41) is 4.98. The highest BCUT2D eigenvalue weighted by atomic mass is 31.1. The SMILES string of the molecule is CCNCc1cccc(C)c1PC(C)(CC)c1ccccc1OCOC. The molecule has 2 atom stereocenters. The molecule has 0 radical (unpaired) electrons. The molecule has 0 amide bonds. The predicted octanol–water partition coefficient (Wildman–Crippen LogP) is 4.72. The molecular formula is C22H32NO2P. The summed E-state index contributed by atoms with van der Waals surface area (Å²) in [5.74, 6) is 0.924. The normalized spacial score (nSPS) is 13.9. The van der Waals surface area contributed by atoms with Gasteiger partial charge in [0, 0.05) is 24.4 Å². The molecule has 2 aromatic rings. The third-order valence-corrected chi connectivity index (χ3v) is 6.99. The van der Waals surface area contributed by atoms with Crippen LogP contribution < -0.4 is 15.4 Å². The van der Waals surface area contributed by atoms with Crippen LogP contribution in [-0.4, -0.2) is 20.4 Å². The summed E-state index contributed by atoms with van der Waals surface area (Å²) in [6.07, 6.45) is 1.05. The zero-order valence-electron chi connectivity index (χ0n) is 16.7. The maximum Gasteiger partial charge on any atom is 0.188 e. The molecule has 0 aliphatic heterocycles. The molecule has 0 aliphatic carbocycles. The molecule has 4 heteroatoms. The Morgan fingerprint density at radius 2 is 1.85 bits per heavy atom. The van der Waals surface area contributed by atoms with Gasteiger partial charge in [0.05, 0.1) is 0 Å². The van der Waals surface area contributed by atoms with E-state index in [9.17, 15) is 0 Å². The fraction of sp³-hybridized carbons (Fsp3) is 0.455. The quantitative estimate of drug-likeness (QED) is 0.483. The fourth-order valence-corrected chi connectivity index (χ4v) is 4.79. The number of hydrogen-bond acceptors (Lipinski definition) is 3. The molecule has 0 aliphatic rings. The Morgan fingerprint density at radius 3 is 2.54 bits per heavy atom. The lowest BCUT2D eigenvalue weighted by molar-refractivity contribution is 0.0500. The van der Waals surface area contributed by atoms with E-state index in [0.29, 0.717) is 8.58 Å². The molecule has 0 saturated heterocycles. The van der Waals surface area contributed by atoms with Gasteiger partial charge in [-0.25, -0.2) is 0 Å². The summed E-state index contributed by atoms with van der Waals surface area (Å²) < 4.78 is 11.0. The van der Waals surface area contributed by atoms with Crippen molar-refractivity contribution in [3.8, 4) is 5.75 Å². The van der Waals surface area contributed by atoms with Gasteiger partial charge in [0.1, 0.15) is 5.75 Å². The van der Waals surface area contributed by atoms with E-state index in [1.807, 2.05) is 12.1 Å². The number of aryl methyl sites for hydroxylation is 1. The summed E-state index contributed by atoms with van der Waals surface area (Å²) in [6, 6.07) is 15.0. The lowest BCUT2D eigenvalue weighted by atomic mass is 9.96. The molecule has 2 aromatic carbocycles. The number of hydrogen-bond donors (Lipinski definition) is 1. The predicted molar refractivity (Wildman–Crippen MR) is 113 cm³/mol. The van der Waals surface area contributed by atoms with Crippen LogP contribution in [0.25, 0.3) is 0 Å². The smallest absolute Gasteiger partial charge is 0.188 e. The third kappa shape index (κ3) is 5.07. The van der Waals surface area contributed by atoms with Crippen molar-refractivity contribution in [1.82, 2.24) is 5.32 Å². The first-order valence-electron chi connectivity index (χ1n) is 9.34. The van der Waals surface area contributed by atoms with E-state index in [1.54, 1.807) is 7.11 Å². The highest BCUT2D eigenvalue weighted by molar-refractivity contribution is 7.48. The maximum atomic E-state index is 5.87. The standard InChI is InChI=1S/C22H32NO2P/c1-6-22(4,19-13-8-9-14-20(19)25-16-24-5)26-21-17(3)11-10-12-18(21)15-23-7-2/h8-14,23,26H,6-7,15-16H2,1-5H3. The average molecular weight is 373 g/mol. The Balaban J connectivity index is 2.40. The van der Waals surface area contributed by atoms with Crippen molar-refractivity contribution in [3.63, 3.8) is 0 Å². The number of ether oxygens (including phenoxy) is 2. The summed E-state index contributed by atoms with van der Waals surface area (Å²) in [7, 11) is 2.33. The summed E-state index contributed by atoms with van der Waals surface area (Å²) in [6.45, 7) is 11.2. The monoisotopic (exact) mass is 373 g/mol. The van der Waals surface area contributed by atoms with E-state index >= 15 is 0 Å². The molecule has 3 nitrogen and oxygen atoms in total. The van der Waals surface area contributed by atoms with Crippen LogP contribution in [0, 0.1) is 6.92 Å². The van der Waals surface area contributed by atoms with Gasteiger partial charge in [0.25, 0.3) is 0 Å². The fourth-order valence-electron chi connectivity index (χ4n) is 3.11. The van der Waals surface area contributed by atoms with Crippen LogP contribution >= 0.6 is 8.58 Å². The molecule has 0 aromatic heterocycles. The van der Waals surface area contributed by atoms with Gasteiger partial charge in [0.15, 0.2) is 6.79 Å². The van der Waals surface area contributed by atoms with Crippen LogP contribution in [-0.2, 0) is 16.4 Å². The molecule has 0 heterocycles. The maximum absolute atomic E-state index is 5.87. The van der Waals surface area contributed by atoms with Crippen molar-refractivity contribution in [1.29, 1.82) is 0 Å². The second kappa shape index (κ2) is 10.1. The van der Waals surface area contributed by atoms with Crippen LogP contribution in [0.4, 0.5) is 0 Å². The van der Waals surface area contributed by atoms with Gasteiger partial charge in [0.2, 0.25) is 0 Å². The summed E-state index contributed by atoms with van der Waals surface area (Å²) in [5.41, 5.74) is 4.03. The van der Waals surface area contributed by atoms with Gasteiger partial charge in [-0.2, -0.15) is 0 Å². The number of nitrogens with one attached hydrogen (secondary N) is 1. The Labute approximate surface area is 160 Å². The second-order valence-corrected chi connectivity index (χ2v) is 8.60. The second-order valence-electron chi connectivity index (χ2n) is 6.75. The van der Waals surface area contributed by atoms with E-state index < -0.39 is 0 Å². The first-order chi connectivity index (χ1) is 12.6. The minimum absolute atomic E-state index is 0.0252. The van der Waals surface area contributed by atoms with Crippen molar-refractivity contribution in [3.05, 3.63) is 59.2 Å². The average Bonchev–Trinajstić information content (AvgIpc) is 2.67. The highest BCUT2D eigenvalue weighted by Gasteiger charge is 2.29. The van der Waals surface area contributed by atoms with Crippen molar-refractivity contribution in [2.45, 2.75) is 45.8 Å². The van der Waals surface area contributed by atoms with Crippen molar-refractivity contribution >= 4 is 13.9 Å². The lowest BCUT2D eigenvalue weighted by Crippen LogP contribution is -2.24. The van der Waals surface area contributed by atoms with E-state index in [0.717, 1.165) is 25.3 Å². The highest BCUT2D eigenvalue weighted by Crippen LogP contribution is 2.47. The number of benzene rings is 2. The van der Waals surface area contributed by atoms with E-state index in [1.165, 1.54) is 22.0 Å². The summed E-state index contributed by atoms with van der Waals surface area (Å²) in [4.78, 5) is 0. The van der Waals surface area contributed by atoms with Gasteiger partial charge in [-0.1, -0.05) is 65.8 Å². The Morgan fingerprint density at radius 1 is 1.08 bits per heavy atom.